The van der Waals surface area contributed by atoms with E-state index in [0.29, 0.717) is 6.42 Å². The van der Waals surface area contributed by atoms with Crippen molar-refractivity contribution in [2.75, 3.05) is 13.1 Å². The molecule has 0 amide bonds. The summed E-state index contributed by atoms with van der Waals surface area (Å²) in [5.74, 6) is -0.683. The third-order valence-corrected chi connectivity index (χ3v) is 3.20. The lowest BCUT2D eigenvalue weighted by molar-refractivity contribution is -0.151. The molecule has 1 heterocycles. The Morgan fingerprint density at radius 1 is 1.38 bits per heavy atom. The number of piperidine rings is 1. The topological polar surface area (TPSA) is 40.5 Å². The molecule has 3 heteroatoms. The summed E-state index contributed by atoms with van der Waals surface area (Å²) in [7, 11) is 0. The van der Waals surface area contributed by atoms with Crippen LogP contribution in [0.2, 0.25) is 0 Å². The maximum atomic E-state index is 11.1. The van der Waals surface area contributed by atoms with Crippen molar-refractivity contribution in [3.05, 3.63) is 0 Å². The van der Waals surface area contributed by atoms with Gasteiger partial charge in [0, 0.05) is 0 Å². The number of hydrogen-bond donors (Lipinski definition) is 1. The van der Waals surface area contributed by atoms with Crippen LogP contribution in [0.4, 0.5) is 0 Å². The van der Waals surface area contributed by atoms with Gasteiger partial charge in [-0.2, -0.15) is 0 Å². The molecule has 0 spiro atoms. The Labute approximate surface area is 79.7 Å². The summed E-state index contributed by atoms with van der Waals surface area (Å²) in [6, 6.07) is 0. The van der Waals surface area contributed by atoms with Crippen LogP contribution in [-0.4, -0.2) is 34.6 Å². The van der Waals surface area contributed by atoms with Crippen LogP contribution >= 0.6 is 0 Å². The van der Waals surface area contributed by atoms with Gasteiger partial charge in [0.1, 0.15) is 5.54 Å². The first-order valence-corrected chi connectivity index (χ1v) is 5.09. The number of likely N-dealkylation sites (tertiary alicyclic amines) is 1. The van der Waals surface area contributed by atoms with E-state index in [9.17, 15) is 4.79 Å². The van der Waals surface area contributed by atoms with Gasteiger partial charge in [-0.25, -0.2) is 0 Å². The van der Waals surface area contributed by atoms with Crippen molar-refractivity contribution in [1.29, 1.82) is 0 Å². The van der Waals surface area contributed by atoms with Crippen LogP contribution in [0.3, 0.4) is 0 Å². The fourth-order valence-electron chi connectivity index (χ4n) is 1.90. The molecule has 1 fully saturated rings. The van der Waals surface area contributed by atoms with E-state index in [4.69, 9.17) is 5.11 Å². The van der Waals surface area contributed by atoms with Gasteiger partial charge in [0.05, 0.1) is 0 Å². The van der Waals surface area contributed by atoms with Crippen LogP contribution in [0.5, 0.6) is 0 Å². The Bertz CT molecular complexity index is 187. The molecule has 0 aromatic carbocycles. The minimum atomic E-state index is -0.683. The molecular weight excluding hydrogens is 166 g/mol. The number of hydrogen-bond acceptors (Lipinski definition) is 2. The molecule has 0 aromatic rings. The molecule has 0 bridgehead atoms. The van der Waals surface area contributed by atoms with Gasteiger partial charge < -0.3 is 5.11 Å². The second-order valence-electron chi connectivity index (χ2n) is 3.98. The van der Waals surface area contributed by atoms with Gasteiger partial charge in [0.25, 0.3) is 0 Å². The summed E-state index contributed by atoms with van der Waals surface area (Å²) in [4.78, 5) is 13.2. The monoisotopic (exact) mass is 185 g/mol. The molecule has 1 saturated heterocycles. The van der Waals surface area contributed by atoms with E-state index in [1.165, 1.54) is 6.42 Å². The molecule has 0 aromatic heterocycles. The van der Waals surface area contributed by atoms with E-state index in [2.05, 4.69) is 4.90 Å². The Morgan fingerprint density at radius 3 is 2.31 bits per heavy atom. The Morgan fingerprint density at radius 2 is 1.92 bits per heavy atom. The smallest absolute Gasteiger partial charge is 0.323 e. The van der Waals surface area contributed by atoms with E-state index >= 15 is 0 Å². The normalized spacial score (nSPS) is 23.8. The van der Waals surface area contributed by atoms with Crippen LogP contribution in [0.15, 0.2) is 0 Å². The van der Waals surface area contributed by atoms with Gasteiger partial charge >= 0.3 is 5.97 Å². The highest BCUT2D eigenvalue weighted by atomic mass is 16.4. The molecular formula is C10H19NO2. The van der Waals surface area contributed by atoms with Gasteiger partial charge in [0.15, 0.2) is 0 Å². The summed E-state index contributed by atoms with van der Waals surface area (Å²) in [6.45, 7) is 5.66. The lowest BCUT2D eigenvalue weighted by atomic mass is 9.94. The standard InChI is InChI=1S/C10H19NO2/c1-3-10(2,9(12)13)11-7-5-4-6-8-11/h3-8H2,1-2H3,(H,12,13). The van der Waals surface area contributed by atoms with Crippen LogP contribution < -0.4 is 0 Å². The lowest BCUT2D eigenvalue weighted by Crippen LogP contribution is -2.53. The van der Waals surface area contributed by atoms with Crippen molar-refractivity contribution in [1.82, 2.24) is 4.90 Å². The van der Waals surface area contributed by atoms with E-state index in [1.807, 2.05) is 13.8 Å². The number of carboxylic acids is 1. The zero-order valence-electron chi connectivity index (χ0n) is 8.55. The average Bonchev–Trinajstić information content (AvgIpc) is 2.17. The maximum absolute atomic E-state index is 11.1. The van der Waals surface area contributed by atoms with Crippen molar-refractivity contribution in [3.63, 3.8) is 0 Å². The first-order valence-electron chi connectivity index (χ1n) is 5.09. The number of aliphatic carboxylic acids is 1. The van der Waals surface area contributed by atoms with Crippen molar-refractivity contribution in [2.45, 2.75) is 45.1 Å². The SMILES string of the molecule is CCC(C)(C(=O)O)N1CCCCC1. The first-order chi connectivity index (χ1) is 6.11. The number of rotatable bonds is 3. The van der Waals surface area contributed by atoms with Gasteiger partial charge in [-0.1, -0.05) is 13.3 Å². The molecule has 1 atom stereocenters. The number of carboxylic acid groups (broad SMARTS) is 1. The summed E-state index contributed by atoms with van der Waals surface area (Å²) in [5.41, 5.74) is -0.638. The molecule has 0 saturated carbocycles. The average molecular weight is 185 g/mol. The predicted octanol–water partition coefficient (Wildman–Crippen LogP) is 1.73. The third kappa shape index (κ3) is 2.02. The highest BCUT2D eigenvalue weighted by Crippen LogP contribution is 2.23. The lowest BCUT2D eigenvalue weighted by Gasteiger charge is -2.39. The molecule has 3 nitrogen and oxygen atoms in total. The summed E-state index contributed by atoms with van der Waals surface area (Å²) in [5, 5.41) is 9.14. The van der Waals surface area contributed by atoms with Gasteiger partial charge in [-0.15, -0.1) is 0 Å². The van der Waals surface area contributed by atoms with E-state index in [1.54, 1.807) is 0 Å². The zero-order valence-corrected chi connectivity index (χ0v) is 8.55. The van der Waals surface area contributed by atoms with Crippen molar-refractivity contribution >= 4 is 5.97 Å². The molecule has 0 aliphatic carbocycles. The van der Waals surface area contributed by atoms with E-state index in [-0.39, 0.29) is 0 Å². The highest BCUT2D eigenvalue weighted by Gasteiger charge is 2.37. The molecule has 0 radical (unpaired) electrons. The summed E-state index contributed by atoms with van der Waals surface area (Å²) in [6.07, 6.45) is 4.21. The van der Waals surface area contributed by atoms with Crippen molar-refractivity contribution in [2.24, 2.45) is 0 Å². The Hall–Kier alpha value is -0.570. The minimum Gasteiger partial charge on any atom is -0.480 e. The maximum Gasteiger partial charge on any atom is 0.323 e. The second kappa shape index (κ2) is 4.09. The molecule has 1 rings (SSSR count). The molecule has 1 N–H and O–H groups in total. The highest BCUT2D eigenvalue weighted by molar-refractivity contribution is 5.78. The quantitative estimate of drug-likeness (QED) is 0.728. The van der Waals surface area contributed by atoms with Crippen molar-refractivity contribution in [3.8, 4) is 0 Å². The van der Waals surface area contributed by atoms with Crippen LogP contribution in [-0.2, 0) is 4.79 Å². The van der Waals surface area contributed by atoms with Crippen molar-refractivity contribution < 1.29 is 9.90 Å². The fourth-order valence-corrected chi connectivity index (χ4v) is 1.90. The predicted molar refractivity (Wildman–Crippen MR) is 51.8 cm³/mol. The minimum absolute atomic E-state index is 0.638. The van der Waals surface area contributed by atoms with E-state index in [0.717, 1.165) is 25.9 Å². The fraction of sp³-hybridized carbons (Fsp3) is 0.900. The first kappa shape index (κ1) is 10.5. The Balaban J connectivity index is 2.68. The second-order valence-corrected chi connectivity index (χ2v) is 3.98. The van der Waals surface area contributed by atoms with Gasteiger partial charge in [-0.3, -0.25) is 9.69 Å². The number of carbonyl (C=O) groups is 1. The van der Waals surface area contributed by atoms with Crippen LogP contribution in [0.1, 0.15) is 39.5 Å². The molecule has 13 heavy (non-hydrogen) atoms. The Kier molecular flexibility index (Phi) is 3.31. The molecule has 76 valence electrons. The third-order valence-electron chi connectivity index (χ3n) is 3.20. The zero-order chi connectivity index (χ0) is 9.90. The summed E-state index contributed by atoms with van der Waals surface area (Å²) >= 11 is 0. The van der Waals surface area contributed by atoms with Crippen LogP contribution in [0.25, 0.3) is 0 Å². The molecule has 1 aliphatic heterocycles. The van der Waals surface area contributed by atoms with E-state index < -0.39 is 11.5 Å². The van der Waals surface area contributed by atoms with Crippen LogP contribution in [0, 0.1) is 0 Å². The summed E-state index contributed by atoms with van der Waals surface area (Å²) < 4.78 is 0. The van der Waals surface area contributed by atoms with Gasteiger partial charge in [-0.05, 0) is 39.3 Å². The molecule has 1 aliphatic rings. The van der Waals surface area contributed by atoms with Gasteiger partial charge in [0.2, 0.25) is 0 Å². The molecule has 1 unspecified atom stereocenters. The largest absolute Gasteiger partial charge is 0.480 e. The number of nitrogens with zero attached hydrogens (tertiary/aromatic N) is 1.